The molecule has 6 nitrogen and oxygen atoms in total. The van der Waals surface area contributed by atoms with Gasteiger partial charge in [-0.3, -0.25) is 0 Å². The fourth-order valence-electron chi connectivity index (χ4n) is 3.26. The van der Waals surface area contributed by atoms with Gasteiger partial charge in [0, 0.05) is 12.1 Å². The summed E-state index contributed by atoms with van der Waals surface area (Å²) in [5, 5.41) is 7.23. The molecule has 0 aliphatic heterocycles. The van der Waals surface area contributed by atoms with Crippen LogP contribution in [0.25, 0.3) is 11.4 Å². The van der Waals surface area contributed by atoms with Gasteiger partial charge in [0.1, 0.15) is 23.0 Å². The summed E-state index contributed by atoms with van der Waals surface area (Å²) in [5.74, 6) is -10.1. The minimum Gasteiger partial charge on any atom is -0.207 e. The Labute approximate surface area is 200 Å². The molecule has 0 N–H and O–H groups in total. The molecule has 2 aromatic carbocycles. The first kappa shape index (κ1) is 26.1. The Hall–Kier alpha value is -3.98. The van der Waals surface area contributed by atoms with E-state index >= 15 is 0 Å². The van der Waals surface area contributed by atoms with Crippen molar-refractivity contribution >= 4 is 0 Å². The maximum Gasteiger partial charge on any atom is 0.451 e. The van der Waals surface area contributed by atoms with E-state index in [0.717, 1.165) is 13.8 Å². The van der Waals surface area contributed by atoms with Gasteiger partial charge >= 0.3 is 12.4 Å². The Balaban J connectivity index is 1.91. The van der Waals surface area contributed by atoms with Crippen LogP contribution in [-0.2, 0) is 17.8 Å². The molecule has 0 atom stereocenters. The molecular formula is C21H12F10N6. The zero-order valence-corrected chi connectivity index (χ0v) is 18.4. The quantitative estimate of drug-likeness (QED) is 0.310. The lowest BCUT2D eigenvalue weighted by Gasteiger charge is -2.16. The Morgan fingerprint density at radius 1 is 0.595 bits per heavy atom. The van der Waals surface area contributed by atoms with Crippen LogP contribution in [0.3, 0.4) is 0 Å². The van der Waals surface area contributed by atoms with Crippen LogP contribution < -0.4 is 0 Å². The topological polar surface area (TPSA) is 61.4 Å². The van der Waals surface area contributed by atoms with Gasteiger partial charge in [-0.15, -0.1) is 10.2 Å². The lowest BCUT2D eigenvalue weighted by Crippen LogP contribution is -2.23. The van der Waals surface area contributed by atoms with E-state index in [1.54, 1.807) is 0 Å². The fourth-order valence-corrected chi connectivity index (χ4v) is 3.26. The molecular weight excluding hydrogens is 526 g/mol. The van der Waals surface area contributed by atoms with Crippen LogP contribution in [-0.4, -0.2) is 29.5 Å². The number of alkyl halides is 6. The molecule has 0 saturated heterocycles. The highest BCUT2D eigenvalue weighted by molar-refractivity contribution is 5.37. The molecule has 0 bridgehead atoms. The van der Waals surface area contributed by atoms with E-state index in [1.807, 2.05) is 0 Å². The monoisotopic (exact) mass is 538 g/mol. The van der Waals surface area contributed by atoms with Gasteiger partial charge in [0.05, 0.1) is 5.41 Å². The summed E-state index contributed by atoms with van der Waals surface area (Å²) < 4.78 is 137. The molecule has 196 valence electrons. The van der Waals surface area contributed by atoms with Gasteiger partial charge in [-0.1, -0.05) is 0 Å². The van der Waals surface area contributed by atoms with Crippen molar-refractivity contribution in [3.63, 3.8) is 0 Å². The van der Waals surface area contributed by atoms with Crippen molar-refractivity contribution in [3.05, 3.63) is 83.0 Å². The zero-order valence-electron chi connectivity index (χ0n) is 18.4. The van der Waals surface area contributed by atoms with Crippen LogP contribution in [0.1, 0.15) is 37.1 Å². The summed E-state index contributed by atoms with van der Waals surface area (Å²) in [6.45, 7) is 2.16. The lowest BCUT2D eigenvalue weighted by molar-refractivity contribution is -0.147. The summed E-state index contributed by atoms with van der Waals surface area (Å²) >= 11 is 0. The van der Waals surface area contributed by atoms with Crippen LogP contribution >= 0.6 is 0 Å². The summed E-state index contributed by atoms with van der Waals surface area (Å²) in [6.07, 6.45) is -10.4. The van der Waals surface area contributed by atoms with E-state index in [2.05, 4.69) is 20.2 Å². The Morgan fingerprint density at radius 2 is 0.946 bits per heavy atom. The smallest absolute Gasteiger partial charge is 0.207 e. The maximum absolute atomic E-state index is 14.3. The van der Waals surface area contributed by atoms with Gasteiger partial charge in [0.15, 0.2) is 23.3 Å². The van der Waals surface area contributed by atoms with Crippen molar-refractivity contribution in [2.75, 3.05) is 0 Å². The lowest BCUT2D eigenvalue weighted by atomic mass is 9.92. The molecule has 37 heavy (non-hydrogen) atoms. The third-order valence-corrected chi connectivity index (χ3v) is 5.12. The van der Waals surface area contributed by atoms with Crippen molar-refractivity contribution in [1.82, 2.24) is 29.5 Å². The second-order valence-corrected chi connectivity index (χ2v) is 8.15. The Bertz CT molecular complexity index is 1370. The Morgan fingerprint density at radius 3 is 1.24 bits per heavy atom. The number of aromatic nitrogens is 6. The van der Waals surface area contributed by atoms with Crippen LogP contribution in [0, 0.1) is 23.3 Å². The second kappa shape index (κ2) is 8.55. The summed E-state index contributed by atoms with van der Waals surface area (Å²) in [7, 11) is 0. The van der Waals surface area contributed by atoms with E-state index in [4.69, 9.17) is 0 Å². The number of rotatable bonds is 4. The van der Waals surface area contributed by atoms with Gasteiger partial charge in [-0.25, -0.2) is 36.9 Å². The van der Waals surface area contributed by atoms with Gasteiger partial charge in [-0.05, 0) is 38.1 Å². The molecule has 0 aliphatic rings. The molecule has 0 spiro atoms. The first-order chi connectivity index (χ1) is 17.0. The highest BCUT2D eigenvalue weighted by Crippen LogP contribution is 2.37. The predicted octanol–water partition coefficient (Wildman–Crippen LogP) is 5.77. The predicted molar refractivity (Wildman–Crippen MR) is 105 cm³/mol. The third kappa shape index (κ3) is 4.74. The number of hydrogen-bond donors (Lipinski definition) is 0. The van der Waals surface area contributed by atoms with Crippen LogP contribution in [0.4, 0.5) is 43.9 Å². The van der Waals surface area contributed by atoms with Crippen LogP contribution in [0.5, 0.6) is 0 Å². The average molecular weight is 538 g/mol. The largest absolute Gasteiger partial charge is 0.451 e. The third-order valence-electron chi connectivity index (χ3n) is 5.12. The van der Waals surface area contributed by atoms with E-state index in [0.29, 0.717) is 36.4 Å². The summed E-state index contributed by atoms with van der Waals surface area (Å²) in [4.78, 5) is 6.69. The first-order valence-electron chi connectivity index (χ1n) is 10.0. The van der Waals surface area contributed by atoms with Crippen molar-refractivity contribution in [1.29, 1.82) is 0 Å². The normalized spacial score (nSPS) is 12.9. The molecule has 0 saturated carbocycles. The standard InChI is InChI=1S/C21H12F10N6/c1-19(2,15-32-17(20(26,27)28)36(34-15)13-5-3-9(22)7-11(13)24)16-33-18(21(29,30)31)37(35-16)14-6-4-10(23)8-12(14)25/h3-8H,1-2H3. The van der Waals surface area contributed by atoms with Gasteiger partial charge in [-0.2, -0.15) is 26.3 Å². The van der Waals surface area contributed by atoms with E-state index in [9.17, 15) is 43.9 Å². The van der Waals surface area contributed by atoms with Gasteiger partial charge in [0.2, 0.25) is 11.6 Å². The minimum atomic E-state index is -5.22. The maximum atomic E-state index is 14.3. The average Bonchev–Trinajstić information content (AvgIpc) is 3.39. The molecule has 4 aromatic rings. The molecule has 0 amide bonds. The molecule has 0 fully saturated rings. The molecule has 0 unspecified atom stereocenters. The van der Waals surface area contributed by atoms with Crippen molar-refractivity contribution < 1.29 is 43.9 Å². The number of nitrogens with zero attached hydrogens (tertiary/aromatic N) is 6. The van der Waals surface area contributed by atoms with Gasteiger partial charge < -0.3 is 0 Å². The van der Waals surface area contributed by atoms with Gasteiger partial charge in [0.25, 0.3) is 0 Å². The molecule has 4 rings (SSSR count). The van der Waals surface area contributed by atoms with Crippen LogP contribution in [0.2, 0.25) is 0 Å². The Kier molecular flexibility index (Phi) is 6.03. The molecule has 2 aromatic heterocycles. The highest BCUT2D eigenvalue weighted by Gasteiger charge is 2.45. The number of benzene rings is 2. The second-order valence-electron chi connectivity index (χ2n) is 8.15. The SMILES string of the molecule is CC(C)(c1nc(C(F)(F)F)n(-c2ccc(F)cc2F)n1)c1nc(C(F)(F)F)n(-c2ccc(F)cc2F)n1. The highest BCUT2D eigenvalue weighted by atomic mass is 19.4. The molecule has 2 heterocycles. The van der Waals surface area contributed by atoms with Crippen molar-refractivity contribution in [3.8, 4) is 11.4 Å². The van der Waals surface area contributed by atoms with Crippen molar-refractivity contribution in [2.24, 2.45) is 0 Å². The first-order valence-corrected chi connectivity index (χ1v) is 10.0. The molecule has 16 heteroatoms. The summed E-state index contributed by atoms with van der Waals surface area (Å²) in [6, 6.07) is 3.27. The fraction of sp³-hybridized carbons (Fsp3) is 0.238. The van der Waals surface area contributed by atoms with Crippen LogP contribution in [0.15, 0.2) is 36.4 Å². The zero-order chi connectivity index (χ0) is 27.5. The van der Waals surface area contributed by atoms with E-state index in [1.165, 1.54) is 0 Å². The molecule has 0 aliphatic carbocycles. The molecule has 0 radical (unpaired) electrons. The number of hydrogen-bond acceptors (Lipinski definition) is 4. The number of halogens is 10. The minimum absolute atomic E-state index is 0.0210. The van der Waals surface area contributed by atoms with E-state index < -0.39 is 75.7 Å². The van der Waals surface area contributed by atoms with E-state index in [-0.39, 0.29) is 9.36 Å². The van der Waals surface area contributed by atoms with Crippen molar-refractivity contribution in [2.45, 2.75) is 31.6 Å². The summed E-state index contributed by atoms with van der Waals surface area (Å²) in [5.41, 5.74) is -3.68.